The third-order valence-corrected chi connectivity index (χ3v) is 25.5. The van der Waals surface area contributed by atoms with Crippen molar-refractivity contribution in [3.63, 3.8) is 0 Å². The van der Waals surface area contributed by atoms with Crippen LogP contribution in [0.2, 0.25) is 0 Å². The monoisotopic (exact) mass is 1020 g/mol. The normalized spacial score (nSPS) is 22.4. The van der Waals surface area contributed by atoms with Crippen molar-refractivity contribution < 1.29 is 22.4 Å². The summed E-state index contributed by atoms with van der Waals surface area (Å²) in [4.78, 5) is 0. The largest absolute Gasteiger partial charge is 1.00 e. The molecular weight excluding hydrogens is 938 g/mol. The molecule has 6 saturated carbocycles. The van der Waals surface area contributed by atoms with Gasteiger partial charge in [0, 0.05) is 0 Å². The zero-order valence-electron chi connectivity index (χ0n) is 36.5. The summed E-state index contributed by atoms with van der Waals surface area (Å²) in [5.41, 5.74) is 6.22. The van der Waals surface area contributed by atoms with Gasteiger partial charge >= 0.3 is 22.4 Å². The van der Waals surface area contributed by atoms with Crippen LogP contribution in [0.5, 0.6) is 0 Å². The Morgan fingerprint density at radius 3 is 0.534 bits per heavy atom. The van der Waals surface area contributed by atoms with Crippen molar-refractivity contribution in [2.24, 2.45) is 0 Å². The van der Waals surface area contributed by atoms with Gasteiger partial charge in [0.15, 0.2) is 0 Å². The predicted octanol–water partition coefficient (Wildman–Crippen LogP) is 16.4. The van der Waals surface area contributed by atoms with E-state index in [1.165, 1.54) is 193 Å². The molecule has 0 heterocycles. The summed E-state index contributed by atoms with van der Waals surface area (Å²) in [6.07, 6.45) is 44.9. The Morgan fingerprint density at radius 1 is 0.224 bits per heavy atom. The Hall–Kier alpha value is -0.310. The zero-order valence-corrected chi connectivity index (χ0v) is 41.3. The van der Waals surface area contributed by atoms with Gasteiger partial charge in [-0.3, -0.25) is 0 Å². The van der Waals surface area contributed by atoms with E-state index < -0.39 is 0 Å². The van der Waals surface area contributed by atoms with Gasteiger partial charge < -0.3 is 0 Å². The van der Waals surface area contributed by atoms with Crippen molar-refractivity contribution in [2.75, 3.05) is 0 Å². The van der Waals surface area contributed by atoms with E-state index in [2.05, 4.69) is 91.0 Å². The molecule has 58 heavy (non-hydrogen) atoms. The second-order valence-electron chi connectivity index (χ2n) is 19.0. The zero-order chi connectivity index (χ0) is 38.7. The fourth-order valence-corrected chi connectivity index (χ4v) is 23.5. The van der Waals surface area contributed by atoms with Crippen LogP contribution < -0.4 is 15.9 Å². The first-order valence-electron chi connectivity index (χ1n) is 24.9. The van der Waals surface area contributed by atoms with Crippen LogP contribution in [-0.2, 0) is 22.4 Å². The average molecular weight is 1020 g/mol. The summed E-state index contributed by atoms with van der Waals surface area (Å²) in [7, 11) is 0.324. The van der Waals surface area contributed by atoms with Gasteiger partial charge in [0.1, 0.15) is 0 Å². The molecule has 0 unspecified atom stereocenters. The molecule has 0 N–H and O–H groups in total. The van der Waals surface area contributed by atoms with Gasteiger partial charge in [-0.15, -0.1) is 0 Å². The van der Waals surface area contributed by atoms with Gasteiger partial charge in [-0.25, -0.2) is 0 Å². The number of hydrogen-bond donors (Lipinski definition) is 0. The average Bonchev–Trinajstić information content (AvgIpc) is 3.30. The summed E-state index contributed by atoms with van der Waals surface area (Å²) in [6, 6.07) is 34.7. The van der Waals surface area contributed by atoms with E-state index in [1.807, 2.05) is 0 Å². The van der Waals surface area contributed by atoms with E-state index >= 15 is 0 Å². The van der Waals surface area contributed by atoms with Gasteiger partial charge in [-0.2, -0.15) is 0 Å². The van der Waals surface area contributed by atoms with Crippen LogP contribution in [0.25, 0.3) is 0 Å². The van der Waals surface area contributed by atoms with E-state index in [9.17, 15) is 0 Å². The first-order valence-corrected chi connectivity index (χ1v) is 29.3. The molecule has 0 amide bonds. The second-order valence-corrected chi connectivity index (χ2v) is 27.4. The van der Waals surface area contributed by atoms with E-state index in [0.717, 1.165) is 34.0 Å². The van der Waals surface area contributed by atoms with Crippen molar-refractivity contribution in [1.82, 2.24) is 0 Å². The van der Waals surface area contributed by atoms with Crippen LogP contribution in [0.4, 0.5) is 0 Å². The molecule has 0 nitrogen and oxygen atoms in total. The van der Waals surface area contributed by atoms with Crippen molar-refractivity contribution in [3.8, 4) is 0 Å². The first kappa shape index (κ1) is 47.2. The van der Waals surface area contributed by atoms with Crippen molar-refractivity contribution >= 4 is 39.7 Å². The Morgan fingerprint density at radius 2 is 0.379 bits per heavy atom. The van der Waals surface area contributed by atoms with E-state index in [0.29, 0.717) is 0 Å². The van der Waals surface area contributed by atoms with Gasteiger partial charge in [-0.1, -0.05) is 230 Å². The van der Waals surface area contributed by atoms with Gasteiger partial charge in [0.25, 0.3) is 0 Å². The number of benzene rings is 3. The Kier molecular flexibility index (Phi) is 22.0. The third kappa shape index (κ3) is 14.4. The SMILES string of the molecule is [Au+].c1ccc(P(C2CCCCC2)C2CCCCC2)cc1.c1ccc(P(C2CCCCC2)C2CCCCC2)cc1.c1ccc(P(C2CCCCC2)C2CCCCC2)cc1. The molecule has 9 rings (SSSR count). The Balaban J connectivity index is 0.000000145. The smallest absolute Gasteiger partial charge is 0.0690 e. The molecule has 0 aliphatic heterocycles. The van der Waals surface area contributed by atoms with Crippen molar-refractivity contribution in [2.45, 2.75) is 227 Å². The third-order valence-electron chi connectivity index (χ3n) is 15.0. The maximum atomic E-state index is 2.43. The summed E-state index contributed by atoms with van der Waals surface area (Å²) < 4.78 is 0. The minimum atomic E-state index is 0. The van der Waals surface area contributed by atoms with E-state index in [-0.39, 0.29) is 46.1 Å². The molecule has 0 aromatic heterocycles. The summed E-state index contributed by atoms with van der Waals surface area (Å²) in [5.74, 6) is 0. The van der Waals surface area contributed by atoms with Crippen LogP contribution in [0, 0.1) is 0 Å². The Bertz CT molecular complexity index is 1210. The second kappa shape index (κ2) is 27.0. The van der Waals surface area contributed by atoms with Crippen LogP contribution in [0.1, 0.15) is 193 Å². The van der Waals surface area contributed by atoms with E-state index in [1.54, 1.807) is 15.9 Å². The summed E-state index contributed by atoms with van der Waals surface area (Å²) in [5, 5.41) is 5.11. The molecule has 3 aromatic rings. The van der Waals surface area contributed by atoms with Crippen molar-refractivity contribution in [3.05, 3.63) is 91.0 Å². The summed E-state index contributed by atoms with van der Waals surface area (Å²) >= 11 is 0. The molecule has 0 spiro atoms. The maximum absolute atomic E-state index is 2.43. The standard InChI is InChI=1S/3C18H27P.Au/c3*1-4-10-16(11-5-1)19(17-12-6-2-7-13-17)18-14-8-3-9-15-18;/h3*1,4-5,10-11,17-18H,2-3,6-9,12-15H2;/q;;;+1. The first-order chi connectivity index (χ1) is 28.3. The van der Waals surface area contributed by atoms with Crippen LogP contribution in [0.15, 0.2) is 91.0 Å². The molecule has 6 aliphatic rings. The van der Waals surface area contributed by atoms with Crippen LogP contribution in [0.3, 0.4) is 0 Å². The maximum Gasteiger partial charge on any atom is 1.00 e. The predicted molar refractivity (Wildman–Crippen MR) is 260 cm³/mol. The fraction of sp³-hybridized carbons (Fsp3) is 0.667. The minimum absolute atomic E-state index is 0. The van der Waals surface area contributed by atoms with E-state index in [4.69, 9.17) is 0 Å². The molecule has 0 atom stereocenters. The molecule has 4 heteroatoms. The molecule has 0 bridgehead atoms. The molecule has 3 aromatic carbocycles. The van der Waals surface area contributed by atoms with Crippen molar-refractivity contribution in [1.29, 1.82) is 0 Å². The molecule has 0 saturated heterocycles. The summed E-state index contributed by atoms with van der Waals surface area (Å²) in [6.45, 7) is 0. The van der Waals surface area contributed by atoms with Gasteiger partial charge in [0.2, 0.25) is 0 Å². The van der Waals surface area contributed by atoms with Crippen LogP contribution >= 0.6 is 23.8 Å². The topological polar surface area (TPSA) is 0 Å². The minimum Gasteiger partial charge on any atom is -0.0690 e. The van der Waals surface area contributed by atoms with Crippen LogP contribution in [-0.4, -0.2) is 34.0 Å². The molecule has 322 valence electrons. The van der Waals surface area contributed by atoms with Gasteiger partial charge in [-0.05, 0) is 127 Å². The molecular formula is C54H81AuP3+. The molecule has 0 radical (unpaired) electrons. The number of hydrogen-bond acceptors (Lipinski definition) is 0. The fourth-order valence-electron chi connectivity index (χ4n) is 12.1. The molecule has 6 fully saturated rings. The molecule has 6 aliphatic carbocycles. The quantitative estimate of drug-likeness (QED) is 0.148. The number of rotatable bonds is 9. The van der Waals surface area contributed by atoms with Gasteiger partial charge in [0.05, 0.1) is 0 Å². The Labute approximate surface area is 377 Å².